The predicted molar refractivity (Wildman–Crippen MR) is 115 cm³/mol. The van der Waals surface area contributed by atoms with Gasteiger partial charge in [0.1, 0.15) is 10.9 Å². The van der Waals surface area contributed by atoms with Crippen molar-refractivity contribution in [3.63, 3.8) is 0 Å². The third kappa shape index (κ3) is 3.93. The molecule has 1 atom stereocenters. The number of nitrogens with zero attached hydrogens (tertiary/aromatic N) is 3. The Morgan fingerprint density at radius 3 is 2.62 bits per heavy atom. The molecule has 4 rings (SSSR count). The monoisotopic (exact) mass is 429 g/mol. The van der Waals surface area contributed by atoms with E-state index in [0.717, 1.165) is 32.9 Å². The molecule has 0 aliphatic carbocycles. The Bertz CT molecular complexity index is 1200. The molecular formula is C21H20ClN3O3S. The van der Waals surface area contributed by atoms with Crippen molar-refractivity contribution in [3.05, 3.63) is 70.9 Å². The van der Waals surface area contributed by atoms with Gasteiger partial charge in [0.15, 0.2) is 0 Å². The highest BCUT2D eigenvalue weighted by atomic mass is 35.5. The molecule has 1 aliphatic heterocycles. The summed E-state index contributed by atoms with van der Waals surface area (Å²) in [6, 6.07) is 16.4. The lowest BCUT2D eigenvalue weighted by Gasteiger charge is -2.22. The fraction of sp³-hybridized carbons (Fsp3) is 0.238. The Hall–Kier alpha value is -2.64. The van der Waals surface area contributed by atoms with Gasteiger partial charge in [-0.05, 0) is 36.8 Å². The number of pyridine rings is 1. The molecule has 3 aromatic rings. The Morgan fingerprint density at radius 2 is 1.93 bits per heavy atom. The molecule has 0 radical (unpaired) electrons. The zero-order chi connectivity index (χ0) is 20.6. The summed E-state index contributed by atoms with van der Waals surface area (Å²) in [5.41, 5.74) is 2.91. The van der Waals surface area contributed by atoms with Crippen molar-refractivity contribution in [2.24, 2.45) is 5.10 Å². The normalized spacial score (nSPS) is 16.9. The van der Waals surface area contributed by atoms with Gasteiger partial charge in [0.05, 0.1) is 30.1 Å². The van der Waals surface area contributed by atoms with Crippen LogP contribution in [0.4, 0.5) is 0 Å². The molecule has 1 unspecified atom stereocenters. The molecule has 0 amide bonds. The molecule has 1 aliphatic rings. The highest BCUT2D eigenvalue weighted by Gasteiger charge is 2.36. The van der Waals surface area contributed by atoms with Crippen molar-refractivity contribution in [2.45, 2.75) is 19.4 Å². The van der Waals surface area contributed by atoms with Crippen LogP contribution in [0.2, 0.25) is 5.15 Å². The van der Waals surface area contributed by atoms with Crippen LogP contribution in [0.5, 0.6) is 5.75 Å². The van der Waals surface area contributed by atoms with Crippen molar-refractivity contribution >= 4 is 38.2 Å². The van der Waals surface area contributed by atoms with E-state index in [0.29, 0.717) is 24.3 Å². The van der Waals surface area contributed by atoms with Crippen LogP contribution in [0.25, 0.3) is 10.9 Å². The third-order valence-electron chi connectivity index (χ3n) is 4.76. The van der Waals surface area contributed by atoms with Gasteiger partial charge in [0.2, 0.25) is 10.0 Å². The first kappa shape index (κ1) is 19.7. The molecule has 2 heterocycles. The van der Waals surface area contributed by atoms with Crippen molar-refractivity contribution in [1.82, 2.24) is 9.40 Å². The average molecular weight is 430 g/mol. The van der Waals surface area contributed by atoms with E-state index in [2.05, 4.69) is 10.1 Å². The minimum atomic E-state index is -3.59. The van der Waals surface area contributed by atoms with Gasteiger partial charge in [-0.2, -0.15) is 9.52 Å². The van der Waals surface area contributed by atoms with Gasteiger partial charge in [0, 0.05) is 17.4 Å². The molecule has 0 spiro atoms. The molecular weight excluding hydrogens is 410 g/mol. The number of ether oxygens (including phenoxy) is 1. The number of benzene rings is 2. The zero-order valence-corrected chi connectivity index (χ0v) is 17.6. The molecule has 150 valence electrons. The molecule has 0 saturated heterocycles. The van der Waals surface area contributed by atoms with Crippen molar-refractivity contribution < 1.29 is 13.2 Å². The number of aromatic nitrogens is 1. The first-order valence-corrected chi connectivity index (χ1v) is 11.4. The van der Waals surface area contributed by atoms with E-state index in [-0.39, 0.29) is 5.15 Å². The summed E-state index contributed by atoms with van der Waals surface area (Å²) in [5, 5.41) is 5.51. The number of fused-ring (bicyclic) bond motifs is 1. The molecule has 1 aromatic heterocycles. The summed E-state index contributed by atoms with van der Waals surface area (Å²) in [7, 11) is -3.59. The van der Waals surface area contributed by atoms with Crippen LogP contribution in [0.1, 0.15) is 30.5 Å². The van der Waals surface area contributed by atoms with Crippen molar-refractivity contribution in [3.8, 4) is 5.75 Å². The topological polar surface area (TPSA) is 71.9 Å². The maximum Gasteiger partial charge on any atom is 0.247 e. The van der Waals surface area contributed by atoms with Gasteiger partial charge in [-0.3, -0.25) is 0 Å². The quantitative estimate of drug-likeness (QED) is 0.563. The summed E-state index contributed by atoms with van der Waals surface area (Å²) in [6.45, 7) is 2.47. The fourth-order valence-corrected chi connectivity index (χ4v) is 4.64. The van der Waals surface area contributed by atoms with E-state index in [1.54, 1.807) is 0 Å². The number of sulfonamides is 1. The highest BCUT2D eigenvalue weighted by molar-refractivity contribution is 7.88. The summed E-state index contributed by atoms with van der Waals surface area (Å²) < 4.78 is 31.6. The van der Waals surface area contributed by atoms with Crippen LogP contribution >= 0.6 is 11.6 Å². The van der Waals surface area contributed by atoms with Gasteiger partial charge < -0.3 is 4.74 Å². The fourth-order valence-electron chi connectivity index (χ4n) is 3.47. The van der Waals surface area contributed by atoms with Crippen LogP contribution in [-0.4, -0.2) is 36.4 Å². The number of hydrogen-bond acceptors (Lipinski definition) is 5. The number of rotatable bonds is 5. The maximum atomic E-state index is 12.4. The lowest BCUT2D eigenvalue weighted by Crippen LogP contribution is -2.26. The number of halogens is 1. The van der Waals surface area contributed by atoms with Crippen molar-refractivity contribution in [2.75, 3.05) is 12.9 Å². The maximum absolute atomic E-state index is 12.4. The van der Waals surface area contributed by atoms with Gasteiger partial charge in [-0.1, -0.05) is 41.9 Å². The minimum absolute atomic E-state index is 0.268. The van der Waals surface area contributed by atoms with Gasteiger partial charge in [0.25, 0.3) is 0 Å². The summed E-state index contributed by atoms with van der Waals surface area (Å²) >= 11 is 6.48. The second-order valence-corrected chi connectivity index (χ2v) is 9.02. The van der Waals surface area contributed by atoms with E-state index in [9.17, 15) is 8.42 Å². The van der Waals surface area contributed by atoms with Gasteiger partial charge >= 0.3 is 0 Å². The summed E-state index contributed by atoms with van der Waals surface area (Å²) in [5.74, 6) is 0.725. The average Bonchev–Trinajstić information content (AvgIpc) is 3.14. The molecule has 29 heavy (non-hydrogen) atoms. The van der Waals surface area contributed by atoms with Crippen LogP contribution in [0.15, 0.2) is 59.7 Å². The molecule has 0 bridgehead atoms. The lowest BCUT2D eigenvalue weighted by molar-refractivity contribution is 0.340. The lowest BCUT2D eigenvalue weighted by atomic mass is 9.99. The first-order valence-electron chi connectivity index (χ1n) is 9.22. The SMILES string of the molecule is CCOc1ccc2nc(Cl)c(C3CC(c4ccccc4)=NN3S(C)(=O)=O)cc2c1. The Kier molecular flexibility index (Phi) is 5.19. The largest absolute Gasteiger partial charge is 0.494 e. The highest BCUT2D eigenvalue weighted by Crippen LogP contribution is 2.38. The van der Waals surface area contributed by atoms with Crippen molar-refractivity contribution in [1.29, 1.82) is 0 Å². The first-order chi connectivity index (χ1) is 13.9. The Labute approximate surface area is 174 Å². The van der Waals surface area contributed by atoms with E-state index in [1.165, 1.54) is 0 Å². The van der Waals surface area contributed by atoms with Crippen LogP contribution < -0.4 is 4.74 Å². The molecule has 0 saturated carbocycles. The van der Waals surface area contributed by atoms with Gasteiger partial charge in [-0.15, -0.1) is 0 Å². The van der Waals surface area contributed by atoms with Crippen LogP contribution in [-0.2, 0) is 10.0 Å². The van der Waals surface area contributed by atoms with E-state index < -0.39 is 16.1 Å². The summed E-state index contributed by atoms with van der Waals surface area (Å²) in [4.78, 5) is 4.47. The standard InChI is InChI=1S/C21H20ClN3O3S/c1-3-28-16-9-10-18-15(11-16)12-17(21(22)23-18)20-13-19(14-7-5-4-6-8-14)24-25(20)29(2,26)27/h4-12,20H,3,13H2,1-2H3. The second-order valence-electron chi connectivity index (χ2n) is 6.82. The number of hydrazone groups is 1. The molecule has 2 aromatic carbocycles. The summed E-state index contributed by atoms with van der Waals surface area (Å²) in [6.07, 6.45) is 1.56. The smallest absolute Gasteiger partial charge is 0.247 e. The third-order valence-corrected chi connectivity index (χ3v) is 6.07. The van der Waals surface area contributed by atoms with E-state index in [4.69, 9.17) is 16.3 Å². The second kappa shape index (κ2) is 7.65. The van der Waals surface area contributed by atoms with Gasteiger partial charge in [-0.25, -0.2) is 13.4 Å². The van der Waals surface area contributed by atoms with E-state index in [1.807, 2.05) is 61.5 Å². The van der Waals surface area contributed by atoms with Crippen LogP contribution in [0, 0.1) is 0 Å². The Balaban J connectivity index is 1.79. The van der Waals surface area contributed by atoms with Crippen LogP contribution in [0.3, 0.4) is 0 Å². The zero-order valence-electron chi connectivity index (χ0n) is 16.0. The Morgan fingerprint density at radius 1 is 1.17 bits per heavy atom. The molecule has 6 nitrogen and oxygen atoms in total. The molecule has 0 fully saturated rings. The minimum Gasteiger partial charge on any atom is -0.494 e. The number of hydrogen-bond donors (Lipinski definition) is 0. The molecule has 0 N–H and O–H groups in total. The predicted octanol–water partition coefficient (Wildman–Crippen LogP) is 4.40. The van der Waals surface area contributed by atoms with E-state index >= 15 is 0 Å². The molecule has 8 heteroatoms.